The molecule has 0 radical (unpaired) electrons. The molecular formula is C24H29FN2O. The largest absolute Gasteiger partial charge is 0.333 e. The van der Waals surface area contributed by atoms with Crippen molar-refractivity contribution >= 4 is 5.91 Å². The van der Waals surface area contributed by atoms with E-state index >= 15 is 0 Å². The molecule has 2 aliphatic rings. The van der Waals surface area contributed by atoms with Gasteiger partial charge in [-0.05, 0) is 62.4 Å². The van der Waals surface area contributed by atoms with Crippen LogP contribution in [-0.2, 0) is 17.9 Å². The molecule has 1 amide bonds. The minimum absolute atomic E-state index is 0.0152. The monoisotopic (exact) mass is 380 g/mol. The Balaban J connectivity index is 1.46. The van der Waals surface area contributed by atoms with E-state index in [0.717, 1.165) is 50.9 Å². The molecule has 2 heterocycles. The molecule has 2 saturated heterocycles. The minimum atomic E-state index is -0.172. The molecule has 148 valence electrons. The average Bonchev–Trinajstić information content (AvgIpc) is 2.85. The maximum Gasteiger partial charge on any atom is 0.223 e. The standard InChI is InChI=1S/C24H29FN2O/c1-19-6-8-20(9-7-19)18-27-23(28)10-12-24(27)11-3-14-26(15-13-24)17-21-4-2-5-22(25)16-21/h2,4-9,16H,3,10-15,17-18H2,1H3. The number of benzene rings is 2. The molecule has 2 aromatic carbocycles. The molecule has 2 aliphatic heterocycles. The van der Waals surface area contributed by atoms with Crippen molar-refractivity contribution in [1.82, 2.24) is 9.80 Å². The van der Waals surface area contributed by atoms with Crippen LogP contribution >= 0.6 is 0 Å². The van der Waals surface area contributed by atoms with E-state index in [2.05, 4.69) is 41.0 Å². The van der Waals surface area contributed by atoms with Gasteiger partial charge in [0.15, 0.2) is 0 Å². The zero-order chi connectivity index (χ0) is 19.6. The lowest BCUT2D eigenvalue weighted by molar-refractivity contribution is -0.132. The van der Waals surface area contributed by atoms with Gasteiger partial charge in [-0.15, -0.1) is 0 Å². The summed E-state index contributed by atoms with van der Waals surface area (Å²) in [6, 6.07) is 15.4. The van der Waals surface area contributed by atoms with E-state index in [1.165, 1.54) is 17.2 Å². The molecule has 2 aromatic rings. The van der Waals surface area contributed by atoms with E-state index < -0.39 is 0 Å². The Morgan fingerprint density at radius 2 is 1.79 bits per heavy atom. The first-order valence-corrected chi connectivity index (χ1v) is 10.4. The van der Waals surface area contributed by atoms with Crippen molar-refractivity contribution in [3.05, 3.63) is 71.0 Å². The van der Waals surface area contributed by atoms with Gasteiger partial charge in [0.2, 0.25) is 5.91 Å². The van der Waals surface area contributed by atoms with Gasteiger partial charge in [-0.25, -0.2) is 4.39 Å². The maximum atomic E-state index is 13.5. The highest BCUT2D eigenvalue weighted by Gasteiger charge is 2.45. The van der Waals surface area contributed by atoms with Crippen molar-refractivity contribution in [3.8, 4) is 0 Å². The molecule has 3 nitrogen and oxygen atoms in total. The molecule has 2 fully saturated rings. The fraction of sp³-hybridized carbons (Fsp3) is 0.458. The quantitative estimate of drug-likeness (QED) is 0.769. The van der Waals surface area contributed by atoms with Gasteiger partial charge in [-0.2, -0.15) is 0 Å². The summed E-state index contributed by atoms with van der Waals surface area (Å²) < 4.78 is 13.5. The fourth-order valence-corrected chi connectivity index (χ4v) is 4.81. The summed E-state index contributed by atoms with van der Waals surface area (Å²) in [4.78, 5) is 17.3. The zero-order valence-electron chi connectivity index (χ0n) is 16.7. The van der Waals surface area contributed by atoms with Crippen molar-refractivity contribution in [1.29, 1.82) is 0 Å². The SMILES string of the molecule is Cc1ccc(CN2C(=O)CCC23CCCN(Cc2cccc(F)c2)CC3)cc1. The summed E-state index contributed by atoms with van der Waals surface area (Å²) in [6.07, 6.45) is 4.76. The molecule has 4 heteroatoms. The molecule has 0 N–H and O–H groups in total. The van der Waals surface area contributed by atoms with Crippen LogP contribution in [0, 0.1) is 12.7 Å². The first kappa shape index (κ1) is 19.1. The van der Waals surface area contributed by atoms with Gasteiger partial charge in [0.1, 0.15) is 5.82 Å². The Morgan fingerprint density at radius 1 is 0.964 bits per heavy atom. The second-order valence-electron chi connectivity index (χ2n) is 8.45. The summed E-state index contributed by atoms with van der Waals surface area (Å²) >= 11 is 0. The van der Waals surface area contributed by atoms with Crippen molar-refractivity contribution in [3.63, 3.8) is 0 Å². The van der Waals surface area contributed by atoms with Gasteiger partial charge in [0.25, 0.3) is 0 Å². The van der Waals surface area contributed by atoms with Crippen molar-refractivity contribution in [2.45, 2.75) is 57.7 Å². The Bertz CT molecular complexity index is 835. The number of rotatable bonds is 4. The number of carbonyl (C=O) groups is 1. The number of halogens is 1. The number of aryl methyl sites for hydroxylation is 1. The van der Waals surface area contributed by atoms with Gasteiger partial charge >= 0.3 is 0 Å². The van der Waals surface area contributed by atoms with Gasteiger partial charge in [0.05, 0.1) is 0 Å². The second-order valence-corrected chi connectivity index (χ2v) is 8.45. The van der Waals surface area contributed by atoms with E-state index in [9.17, 15) is 9.18 Å². The Kier molecular flexibility index (Phi) is 5.49. The van der Waals surface area contributed by atoms with Crippen LogP contribution in [0.1, 0.15) is 48.8 Å². The highest BCUT2D eigenvalue weighted by Crippen LogP contribution is 2.40. The molecule has 28 heavy (non-hydrogen) atoms. The van der Waals surface area contributed by atoms with Crippen LogP contribution in [0.4, 0.5) is 4.39 Å². The predicted molar refractivity (Wildman–Crippen MR) is 109 cm³/mol. The second kappa shape index (κ2) is 8.04. The lowest BCUT2D eigenvalue weighted by Gasteiger charge is -2.38. The maximum absolute atomic E-state index is 13.5. The molecule has 1 atom stereocenters. The fourth-order valence-electron chi connectivity index (χ4n) is 4.81. The van der Waals surface area contributed by atoms with Gasteiger partial charge in [0, 0.05) is 31.6 Å². The highest BCUT2D eigenvalue weighted by atomic mass is 19.1. The lowest BCUT2D eigenvalue weighted by atomic mass is 9.87. The molecular weight excluding hydrogens is 351 g/mol. The third-order valence-electron chi connectivity index (χ3n) is 6.44. The van der Waals surface area contributed by atoms with E-state index in [1.807, 2.05) is 6.07 Å². The number of hydrogen-bond acceptors (Lipinski definition) is 2. The number of likely N-dealkylation sites (tertiary alicyclic amines) is 2. The van der Waals surface area contributed by atoms with Crippen LogP contribution in [0.2, 0.25) is 0 Å². The number of nitrogens with zero attached hydrogens (tertiary/aromatic N) is 2. The normalized spacial score (nSPS) is 23.4. The highest BCUT2D eigenvalue weighted by molar-refractivity contribution is 5.79. The van der Waals surface area contributed by atoms with Crippen molar-refractivity contribution < 1.29 is 9.18 Å². The van der Waals surface area contributed by atoms with Crippen LogP contribution in [0.15, 0.2) is 48.5 Å². The van der Waals surface area contributed by atoms with Crippen LogP contribution in [0.25, 0.3) is 0 Å². The summed E-state index contributed by atoms with van der Waals surface area (Å²) in [6.45, 7) is 5.53. The van der Waals surface area contributed by atoms with Gasteiger partial charge in [-0.1, -0.05) is 42.0 Å². The zero-order valence-corrected chi connectivity index (χ0v) is 16.7. The number of carbonyl (C=O) groups excluding carboxylic acids is 1. The summed E-state index contributed by atoms with van der Waals surface area (Å²) in [7, 11) is 0. The Morgan fingerprint density at radius 3 is 2.57 bits per heavy atom. The summed E-state index contributed by atoms with van der Waals surface area (Å²) in [5.41, 5.74) is 3.46. The van der Waals surface area contributed by atoms with Crippen molar-refractivity contribution in [2.24, 2.45) is 0 Å². The molecule has 4 rings (SSSR count). The molecule has 0 aliphatic carbocycles. The summed E-state index contributed by atoms with van der Waals surface area (Å²) in [5, 5.41) is 0. The third kappa shape index (κ3) is 4.12. The average molecular weight is 381 g/mol. The van der Waals surface area contributed by atoms with Crippen LogP contribution in [0.3, 0.4) is 0 Å². The predicted octanol–water partition coefficient (Wildman–Crippen LogP) is 4.68. The van der Waals surface area contributed by atoms with Crippen LogP contribution in [0.5, 0.6) is 0 Å². The molecule has 0 bridgehead atoms. The first-order chi connectivity index (χ1) is 13.5. The molecule has 0 saturated carbocycles. The summed E-state index contributed by atoms with van der Waals surface area (Å²) in [5.74, 6) is 0.119. The molecule has 0 aromatic heterocycles. The lowest BCUT2D eigenvalue weighted by Crippen LogP contribution is -2.45. The number of hydrogen-bond donors (Lipinski definition) is 0. The molecule has 1 unspecified atom stereocenters. The van der Waals surface area contributed by atoms with E-state index in [0.29, 0.717) is 18.9 Å². The smallest absolute Gasteiger partial charge is 0.223 e. The van der Waals surface area contributed by atoms with Crippen LogP contribution < -0.4 is 0 Å². The van der Waals surface area contributed by atoms with E-state index in [-0.39, 0.29) is 11.4 Å². The first-order valence-electron chi connectivity index (χ1n) is 10.4. The number of amides is 1. The van der Waals surface area contributed by atoms with Crippen molar-refractivity contribution in [2.75, 3.05) is 13.1 Å². The topological polar surface area (TPSA) is 23.6 Å². The third-order valence-corrected chi connectivity index (χ3v) is 6.44. The van der Waals surface area contributed by atoms with Gasteiger partial charge in [-0.3, -0.25) is 9.69 Å². The van der Waals surface area contributed by atoms with Gasteiger partial charge < -0.3 is 4.90 Å². The molecule has 1 spiro atoms. The Hall–Kier alpha value is -2.20. The van der Waals surface area contributed by atoms with E-state index in [1.54, 1.807) is 12.1 Å². The van der Waals surface area contributed by atoms with E-state index in [4.69, 9.17) is 0 Å². The Labute approximate surface area is 167 Å². The van der Waals surface area contributed by atoms with Crippen LogP contribution in [-0.4, -0.2) is 34.3 Å². The minimum Gasteiger partial charge on any atom is -0.333 e.